The Morgan fingerprint density at radius 2 is 1.78 bits per heavy atom. The fourth-order valence-corrected chi connectivity index (χ4v) is 2.25. The lowest BCUT2D eigenvalue weighted by Crippen LogP contribution is -2.46. The Balaban J connectivity index is 2.72. The number of aromatic nitrogens is 2. The molecule has 0 saturated carbocycles. The van der Waals surface area contributed by atoms with Crippen LogP contribution in [0.2, 0.25) is 0 Å². The van der Waals surface area contributed by atoms with E-state index in [1.54, 1.807) is 6.20 Å². The predicted molar refractivity (Wildman–Crippen MR) is 72.4 cm³/mol. The Hall–Kier alpha value is -1.45. The van der Waals surface area contributed by atoms with Crippen molar-refractivity contribution in [3.8, 4) is 0 Å². The van der Waals surface area contributed by atoms with Gasteiger partial charge in [-0.05, 0) is 32.6 Å². The summed E-state index contributed by atoms with van der Waals surface area (Å²) >= 11 is 0. The van der Waals surface area contributed by atoms with Crippen LogP contribution >= 0.6 is 0 Å². The average Bonchev–Trinajstić information content (AvgIpc) is 2.13. The number of amides is 1. The van der Waals surface area contributed by atoms with E-state index in [-0.39, 0.29) is 16.9 Å². The second-order valence-electron chi connectivity index (χ2n) is 6.62. The van der Waals surface area contributed by atoms with E-state index in [0.29, 0.717) is 5.69 Å². The molecule has 4 heteroatoms. The van der Waals surface area contributed by atoms with Crippen LogP contribution in [-0.4, -0.2) is 21.4 Å². The number of carbonyl (C=O) groups excluding carboxylic acids is 1. The number of aryl methyl sites for hydroxylation is 1. The fraction of sp³-hybridized carbons (Fsp3) is 0.643. The molecule has 0 aromatic carbocycles. The smallest absolute Gasteiger partial charge is 0.271 e. The molecule has 0 aliphatic heterocycles. The van der Waals surface area contributed by atoms with Gasteiger partial charge in [-0.3, -0.25) is 9.78 Å². The highest BCUT2D eigenvalue weighted by Gasteiger charge is 2.27. The van der Waals surface area contributed by atoms with Gasteiger partial charge < -0.3 is 5.32 Å². The topological polar surface area (TPSA) is 54.9 Å². The maximum Gasteiger partial charge on any atom is 0.271 e. The number of rotatable bonds is 3. The van der Waals surface area contributed by atoms with Crippen LogP contribution < -0.4 is 5.32 Å². The van der Waals surface area contributed by atoms with Gasteiger partial charge in [0.2, 0.25) is 0 Å². The van der Waals surface area contributed by atoms with Crippen molar-refractivity contribution < 1.29 is 4.79 Å². The molecule has 0 spiro atoms. The maximum absolute atomic E-state index is 12.0. The first-order chi connectivity index (χ1) is 8.09. The molecule has 0 unspecified atom stereocenters. The maximum atomic E-state index is 12.0. The summed E-state index contributed by atoms with van der Waals surface area (Å²) < 4.78 is 0. The third-order valence-corrected chi connectivity index (χ3v) is 2.44. The number of hydrogen-bond donors (Lipinski definition) is 1. The third kappa shape index (κ3) is 4.82. The largest absolute Gasteiger partial charge is 0.346 e. The second kappa shape index (κ2) is 5.04. The van der Waals surface area contributed by atoms with Crippen molar-refractivity contribution in [2.45, 2.75) is 53.5 Å². The minimum absolute atomic E-state index is 0.162. The lowest BCUT2D eigenvalue weighted by molar-refractivity contribution is 0.0886. The quantitative estimate of drug-likeness (QED) is 0.896. The summed E-state index contributed by atoms with van der Waals surface area (Å²) in [6.07, 6.45) is 4.01. The van der Waals surface area contributed by atoms with Gasteiger partial charge in [0.05, 0.1) is 11.9 Å². The minimum Gasteiger partial charge on any atom is -0.346 e. The summed E-state index contributed by atoms with van der Waals surface area (Å²) in [5, 5.41) is 3.01. The molecule has 1 amide bonds. The molecule has 4 nitrogen and oxygen atoms in total. The molecule has 0 radical (unpaired) electrons. The summed E-state index contributed by atoms with van der Waals surface area (Å²) in [4.78, 5) is 20.2. The second-order valence-corrected chi connectivity index (χ2v) is 6.62. The van der Waals surface area contributed by atoms with Crippen LogP contribution in [0.25, 0.3) is 0 Å². The lowest BCUT2D eigenvalue weighted by Gasteiger charge is -2.33. The monoisotopic (exact) mass is 249 g/mol. The Kier molecular flexibility index (Phi) is 4.09. The summed E-state index contributed by atoms with van der Waals surface area (Å²) in [6.45, 7) is 12.4. The van der Waals surface area contributed by atoms with E-state index in [2.05, 4.69) is 36.1 Å². The molecule has 100 valence electrons. The third-order valence-electron chi connectivity index (χ3n) is 2.44. The molecular weight excluding hydrogens is 226 g/mol. The van der Waals surface area contributed by atoms with Crippen molar-refractivity contribution in [2.24, 2.45) is 5.41 Å². The lowest BCUT2D eigenvalue weighted by atomic mass is 9.82. The van der Waals surface area contributed by atoms with Gasteiger partial charge in [0.1, 0.15) is 5.69 Å². The van der Waals surface area contributed by atoms with Gasteiger partial charge in [-0.1, -0.05) is 20.8 Å². The molecule has 0 aliphatic carbocycles. The highest BCUT2D eigenvalue weighted by molar-refractivity contribution is 5.92. The van der Waals surface area contributed by atoms with E-state index in [1.165, 1.54) is 6.20 Å². The van der Waals surface area contributed by atoms with Gasteiger partial charge in [-0.2, -0.15) is 0 Å². The van der Waals surface area contributed by atoms with Crippen molar-refractivity contribution in [3.05, 3.63) is 23.8 Å². The Morgan fingerprint density at radius 1 is 1.17 bits per heavy atom. The van der Waals surface area contributed by atoms with Crippen molar-refractivity contribution in [1.29, 1.82) is 0 Å². The summed E-state index contributed by atoms with van der Waals surface area (Å²) in [5.74, 6) is -0.170. The van der Waals surface area contributed by atoms with Crippen molar-refractivity contribution in [3.63, 3.8) is 0 Å². The van der Waals surface area contributed by atoms with Gasteiger partial charge in [-0.15, -0.1) is 0 Å². The number of nitrogens with one attached hydrogen (secondary N) is 1. The van der Waals surface area contributed by atoms with Crippen molar-refractivity contribution >= 4 is 5.91 Å². The average molecular weight is 249 g/mol. The zero-order valence-electron chi connectivity index (χ0n) is 12.2. The van der Waals surface area contributed by atoms with Crippen LogP contribution in [0.4, 0.5) is 0 Å². The highest BCUT2D eigenvalue weighted by Crippen LogP contribution is 2.26. The van der Waals surface area contributed by atoms with Gasteiger partial charge in [0.25, 0.3) is 5.91 Å². The van der Waals surface area contributed by atoms with Gasteiger partial charge in [-0.25, -0.2) is 4.98 Å². The number of carbonyl (C=O) groups is 1. The van der Waals surface area contributed by atoms with Crippen LogP contribution in [0, 0.1) is 12.3 Å². The molecule has 1 aromatic heterocycles. The molecule has 0 aliphatic rings. The zero-order chi connectivity index (χ0) is 14.0. The molecule has 18 heavy (non-hydrogen) atoms. The molecule has 1 rings (SSSR count). The predicted octanol–water partition coefficient (Wildman–Crippen LogP) is 2.73. The molecule has 0 atom stereocenters. The summed E-state index contributed by atoms with van der Waals surface area (Å²) in [5.41, 5.74) is 1.07. The number of nitrogens with zero attached hydrogens (tertiary/aromatic N) is 2. The molecule has 0 bridgehead atoms. The van der Waals surface area contributed by atoms with E-state index in [1.807, 2.05) is 20.8 Å². The van der Waals surface area contributed by atoms with E-state index >= 15 is 0 Å². The van der Waals surface area contributed by atoms with E-state index in [4.69, 9.17) is 0 Å². The van der Waals surface area contributed by atoms with Crippen LogP contribution in [0.5, 0.6) is 0 Å². The molecule has 0 fully saturated rings. The van der Waals surface area contributed by atoms with E-state index in [9.17, 15) is 4.79 Å². The fourth-order valence-electron chi connectivity index (χ4n) is 2.25. The molecule has 1 N–H and O–H groups in total. The number of hydrogen-bond acceptors (Lipinski definition) is 3. The van der Waals surface area contributed by atoms with Crippen molar-refractivity contribution in [2.75, 3.05) is 0 Å². The normalized spacial score (nSPS) is 12.3. The SMILES string of the molecule is Cc1cnc(C(=O)NC(C)(C)CC(C)(C)C)cn1. The molecule has 1 aromatic rings. The molecule has 0 saturated heterocycles. The van der Waals surface area contributed by atoms with Crippen LogP contribution in [-0.2, 0) is 0 Å². The van der Waals surface area contributed by atoms with E-state index < -0.39 is 0 Å². The van der Waals surface area contributed by atoms with E-state index in [0.717, 1.165) is 12.1 Å². The minimum atomic E-state index is -0.262. The highest BCUT2D eigenvalue weighted by atomic mass is 16.2. The summed E-state index contributed by atoms with van der Waals surface area (Å²) in [6, 6.07) is 0. The summed E-state index contributed by atoms with van der Waals surface area (Å²) in [7, 11) is 0. The first kappa shape index (κ1) is 14.6. The molecule has 1 heterocycles. The Labute approximate surface area is 109 Å². The van der Waals surface area contributed by atoms with Crippen LogP contribution in [0.1, 0.15) is 57.2 Å². The van der Waals surface area contributed by atoms with Crippen LogP contribution in [0.3, 0.4) is 0 Å². The van der Waals surface area contributed by atoms with Crippen molar-refractivity contribution in [1.82, 2.24) is 15.3 Å². The Morgan fingerprint density at radius 3 is 2.22 bits per heavy atom. The van der Waals surface area contributed by atoms with Gasteiger partial charge in [0, 0.05) is 11.7 Å². The van der Waals surface area contributed by atoms with Gasteiger partial charge >= 0.3 is 0 Å². The zero-order valence-corrected chi connectivity index (χ0v) is 12.2. The van der Waals surface area contributed by atoms with Gasteiger partial charge in [0.15, 0.2) is 0 Å². The molecular formula is C14H23N3O. The van der Waals surface area contributed by atoms with Crippen LogP contribution in [0.15, 0.2) is 12.4 Å². The Bertz CT molecular complexity index is 416. The first-order valence-corrected chi connectivity index (χ1v) is 6.20. The first-order valence-electron chi connectivity index (χ1n) is 6.20. The standard InChI is InChI=1S/C14H23N3O/c1-10-7-16-11(8-15-10)12(18)17-14(5,6)9-13(2,3)4/h7-8H,9H2,1-6H3,(H,17,18).